The molecular weight excluding hydrogens is 383 g/mol. The highest BCUT2D eigenvalue weighted by atomic mass is 35.5. The largest absolute Gasteiger partial charge is 0.329 e. The molecule has 0 saturated carbocycles. The van der Waals surface area contributed by atoms with Gasteiger partial charge in [-0.1, -0.05) is 83.9 Å². The summed E-state index contributed by atoms with van der Waals surface area (Å²) in [5, 5.41) is 7.12. The second-order valence-corrected chi connectivity index (χ2v) is 7.38. The van der Waals surface area contributed by atoms with Crippen LogP contribution in [0.2, 0.25) is 10.0 Å². The van der Waals surface area contributed by atoms with Crippen LogP contribution in [-0.2, 0) is 0 Å². The number of nitrogens with one attached hydrogen (secondary N) is 1. The molecule has 0 radical (unpaired) electrons. The first-order chi connectivity index (χ1) is 12.7. The maximum Gasteiger partial charge on any atom is 0.187 e. The van der Waals surface area contributed by atoms with Crippen LogP contribution in [0.25, 0.3) is 22.4 Å². The van der Waals surface area contributed by atoms with Crippen molar-refractivity contribution in [3.05, 3.63) is 88.2 Å². The lowest BCUT2D eigenvalue weighted by atomic mass is 10.0. The number of thiazole rings is 1. The minimum absolute atomic E-state index is 0.571. The van der Waals surface area contributed by atoms with E-state index in [1.807, 2.05) is 29.6 Å². The van der Waals surface area contributed by atoms with Crippen molar-refractivity contribution in [2.45, 2.75) is 0 Å². The first-order valence-electron chi connectivity index (χ1n) is 8.03. The van der Waals surface area contributed by atoms with Crippen molar-refractivity contribution in [2.75, 3.05) is 5.32 Å². The predicted molar refractivity (Wildman–Crippen MR) is 113 cm³/mol. The molecule has 0 aliphatic rings. The standard InChI is InChI=1S/C21H14Cl2N2S/c22-17-7-4-8-18(23)20(17)25-21-24-19(13-26-21)16-11-9-15(10-12-16)14-5-2-1-3-6-14/h1-13H,(H,24,25). The normalized spacial score (nSPS) is 10.7. The number of halogens is 2. The Morgan fingerprint density at radius 2 is 1.31 bits per heavy atom. The van der Waals surface area contributed by atoms with Crippen molar-refractivity contribution in [3.63, 3.8) is 0 Å². The van der Waals surface area contributed by atoms with Crippen molar-refractivity contribution in [1.29, 1.82) is 0 Å². The Kier molecular flexibility index (Phi) is 4.93. The summed E-state index contributed by atoms with van der Waals surface area (Å²) in [5.41, 5.74) is 5.05. The number of rotatable bonds is 4. The van der Waals surface area contributed by atoms with Crippen LogP contribution < -0.4 is 5.32 Å². The molecule has 0 unspecified atom stereocenters. The maximum absolute atomic E-state index is 6.21. The number of hydrogen-bond acceptors (Lipinski definition) is 3. The maximum atomic E-state index is 6.21. The Morgan fingerprint density at radius 1 is 0.692 bits per heavy atom. The average molecular weight is 397 g/mol. The summed E-state index contributed by atoms with van der Waals surface area (Å²) in [7, 11) is 0. The predicted octanol–water partition coefficient (Wildman–Crippen LogP) is 7.53. The molecule has 0 atom stereocenters. The molecule has 2 nitrogen and oxygen atoms in total. The third-order valence-electron chi connectivity index (χ3n) is 3.99. The SMILES string of the molecule is Clc1cccc(Cl)c1Nc1nc(-c2ccc(-c3ccccc3)cc2)cs1. The molecule has 0 saturated heterocycles. The van der Waals surface area contributed by atoms with Crippen molar-refractivity contribution < 1.29 is 0 Å². The molecule has 1 N–H and O–H groups in total. The van der Waals surface area contributed by atoms with Gasteiger partial charge in [0.25, 0.3) is 0 Å². The van der Waals surface area contributed by atoms with Crippen LogP contribution in [0.1, 0.15) is 0 Å². The molecular formula is C21H14Cl2N2S. The first-order valence-corrected chi connectivity index (χ1v) is 9.67. The summed E-state index contributed by atoms with van der Waals surface area (Å²) in [6.45, 7) is 0. The zero-order valence-electron chi connectivity index (χ0n) is 13.6. The van der Waals surface area contributed by atoms with Gasteiger partial charge in [0, 0.05) is 10.9 Å². The lowest BCUT2D eigenvalue weighted by molar-refractivity contribution is 1.38. The fourth-order valence-electron chi connectivity index (χ4n) is 2.65. The van der Waals surface area contributed by atoms with Gasteiger partial charge in [0.15, 0.2) is 5.13 Å². The lowest BCUT2D eigenvalue weighted by Crippen LogP contribution is -1.91. The van der Waals surface area contributed by atoms with Gasteiger partial charge in [0.1, 0.15) is 0 Å². The molecule has 5 heteroatoms. The summed E-state index contributed by atoms with van der Waals surface area (Å²) in [5.74, 6) is 0. The van der Waals surface area contributed by atoms with Gasteiger partial charge in [-0.25, -0.2) is 4.98 Å². The van der Waals surface area contributed by atoms with E-state index < -0.39 is 0 Å². The van der Waals surface area contributed by atoms with E-state index in [0.717, 1.165) is 16.4 Å². The number of aromatic nitrogens is 1. The summed E-state index contributed by atoms with van der Waals surface area (Å²) in [6, 6.07) is 24.1. The molecule has 0 aliphatic heterocycles. The molecule has 4 aromatic rings. The molecule has 3 aromatic carbocycles. The monoisotopic (exact) mass is 396 g/mol. The molecule has 4 rings (SSSR count). The molecule has 1 heterocycles. The second-order valence-electron chi connectivity index (χ2n) is 5.70. The van der Waals surface area contributed by atoms with Gasteiger partial charge in [-0.3, -0.25) is 0 Å². The van der Waals surface area contributed by atoms with E-state index in [-0.39, 0.29) is 0 Å². The van der Waals surface area contributed by atoms with Gasteiger partial charge in [-0.05, 0) is 23.3 Å². The first kappa shape index (κ1) is 17.1. The molecule has 1 aromatic heterocycles. The van der Waals surface area contributed by atoms with Crippen molar-refractivity contribution >= 4 is 45.4 Å². The van der Waals surface area contributed by atoms with Gasteiger partial charge in [-0.2, -0.15) is 0 Å². The van der Waals surface area contributed by atoms with Crippen LogP contribution in [0.4, 0.5) is 10.8 Å². The van der Waals surface area contributed by atoms with Crippen molar-refractivity contribution in [1.82, 2.24) is 4.98 Å². The van der Waals surface area contributed by atoms with E-state index in [4.69, 9.17) is 23.2 Å². The highest BCUT2D eigenvalue weighted by molar-refractivity contribution is 7.14. The van der Waals surface area contributed by atoms with Crippen LogP contribution >= 0.6 is 34.5 Å². The number of anilines is 2. The Hall–Kier alpha value is -2.33. The van der Waals surface area contributed by atoms with E-state index in [1.165, 1.54) is 22.5 Å². The number of para-hydroxylation sites is 1. The molecule has 0 bridgehead atoms. The highest BCUT2D eigenvalue weighted by Gasteiger charge is 2.09. The third-order valence-corrected chi connectivity index (χ3v) is 5.37. The molecule has 128 valence electrons. The fraction of sp³-hybridized carbons (Fsp3) is 0. The molecule has 0 amide bonds. The van der Waals surface area contributed by atoms with Gasteiger partial charge >= 0.3 is 0 Å². The number of nitrogens with zero attached hydrogens (tertiary/aromatic N) is 1. The van der Waals surface area contributed by atoms with Gasteiger partial charge < -0.3 is 5.32 Å². The highest BCUT2D eigenvalue weighted by Crippen LogP contribution is 2.35. The van der Waals surface area contributed by atoms with E-state index in [0.29, 0.717) is 15.7 Å². The molecule has 0 aliphatic carbocycles. The van der Waals surface area contributed by atoms with E-state index in [1.54, 1.807) is 12.1 Å². The fourth-order valence-corrected chi connectivity index (χ4v) is 3.87. The average Bonchev–Trinajstić information content (AvgIpc) is 3.14. The minimum atomic E-state index is 0.571. The van der Waals surface area contributed by atoms with E-state index in [9.17, 15) is 0 Å². The molecule has 0 fully saturated rings. The molecule has 0 spiro atoms. The third kappa shape index (κ3) is 3.61. The summed E-state index contributed by atoms with van der Waals surface area (Å²) in [4.78, 5) is 4.65. The van der Waals surface area contributed by atoms with Gasteiger partial charge in [0.05, 0.1) is 21.4 Å². The van der Waals surface area contributed by atoms with Crippen LogP contribution in [-0.4, -0.2) is 4.98 Å². The number of benzene rings is 3. The van der Waals surface area contributed by atoms with Crippen molar-refractivity contribution in [3.8, 4) is 22.4 Å². The van der Waals surface area contributed by atoms with Crippen LogP contribution in [0.15, 0.2) is 78.2 Å². The quantitative estimate of drug-likeness (QED) is 0.385. The zero-order valence-corrected chi connectivity index (χ0v) is 15.9. The Balaban J connectivity index is 1.56. The van der Waals surface area contributed by atoms with E-state index >= 15 is 0 Å². The topological polar surface area (TPSA) is 24.9 Å². The Bertz CT molecular complexity index is 1010. The summed E-state index contributed by atoms with van der Waals surface area (Å²) >= 11 is 13.9. The summed E-state index contributed by atoms with van der Waals surface area (Å²) in [6.07, 6.45) is 0. The minimum Gasteiger partial charge on any atom is -0.329 e. The van der Waals surface area contributed by atoms with Crippen molar-refractivity contribution in [2.24, 2.45) is 0 Å². The lowest BCUT2D eigenvalue weighted by Gasteiger charge is -2.07. The van der Waals surface area contributed by atoms with Crippen LogP contribution in [0.3, 0.4) is 0 Å². The Labute approximate surface area is 166 Å². The van der Waals surface area contributed by atoms with E-state index in [2.05, 4.69) is 46.7 Å². The van der Waals surface area contributed by atoms with Crippen LogP contribution in [0, 0.1) is 0 Å². The smallest absolute Gasteiger partial charge is 0.187 e. The molecule has 26 heavy (non-hydrogen) atoms. The van der Waals surface area contributed by atoms with Gasteiger partial charge in [-0.15, -0.1) is 11.3 Å². The van der Waals surface area contributed by atoms with Crippen LogP contribution in [0.5, 0.6) is 0 Å². The Morgan fingerprint density at radius 3 is 2.00 bits per heavy atom. The number of hydrogen-bond donors (Lipinski definition) is 1. The van der Waals surface area contributed by atoms with Gasteiger partial charge in [0.2, 0.25) is 0 Å². The zero-order chi connectivity index (χ0) is 17.9. The second kappa shape index (κ2) is 7.50. The summed E-state index contributed by atoms with van der Waals surface area (Å²) < 4.78 is 0.